The number of nitriles is 1. The average Bonchev–Trinajstić information content (AvgIpc) is 3.22. The zero-order valence-electron chi connectivity index (χ0n) is 17.1. The number of aryl methyl sites for hydroxylation is 1. The van der Waals surface area contributed by atoms with Gasteiger partial charge in [0.2, 0.25) is 17.5 Å². The van der Waals surface area contributed by atoms with Crippen molar-refractivity contribution in [1.82, 2.24) is 9.88 Å². The molecule has 6 nitrogen and oxygen atoms in total. The molecule has 31 heavy (non-hydrogen) atoms. The summed E-state index contributed by atoms with van der Waals surface area (Å²) in [6.07, 6.45) is 3.58. The molecule has 0 aliphatic carbocycles. The molecule has 0 spiro atoms. The second-order valence-electron chi connectivity index (χ2n) is 7.30. The molecule has 2 aromatic carbocycles. The van der Waals surface area contributed by atoms with E-state index in [0.29, 0.717) is 43.0 Å². The van der Waals surface area contributed by atoms with Crippen molar-refractivity contribution < 1.29 is 9.21 Å². The Labute approximate surface area is 186 Å². The van der Waals surface area contributed by atoms with Crippen LogP contribution in [0.2, 0.25) is 5.02 Å². The summed E-state index contributed by atoms with van der Waals surface area (Å²) >= 11 is 5.91. The predicted octanol–water partition coefficient (Wildman–Crippen LogP) is 4.64. The number of benzene rings is 2. The van der Waals surface area contributed by atoms with Crippen LogP contribution in [-0.4, -0.2) is 42.0 Å². The molecule has 1 amide bonds. The second kappa shape index (κ2) is 9.07. The summed E-state index contributed by atoms with van der Waals surface area (Å²) < 4.78 is 5.87. The van der Waals surface area contributed by atoms with Gasteiger partial charge < -0.3 is 14.2 Å². The average molecular weight is 433 g/mol. The van der Waals surface area contributed by atoms with E-state index < -0.39 is 0 Å². The number of carbonyl (C=O) groups excluding carboxylic acids is 1. The number of amides is 1. The van der Waals surface area contributed by atoms with Gasteiger partial charge in [-0.1, -0.05) is 41.9 Å². The standard InChI is InChI=1S/C24H21ClN4O2/c1-17-4-2-3-5-20(17)23(30)28-12-14-29(15-13-28)24-21(16-26)27-22(31-24)11-8-18-6-9-19(25)10-7-18/h2-11H,12-15H2,1H3/b11-8+. The number of piperazine rings is 1. The Balaban J connectivity index is 1.45. The molecule has 1 aliphatic heterocycles. The van der Waals surface area contributed by atoms with Gasteiger partial charge in [-0.2, -0.15) is 10.2 Å². The SMILES string of the molecule is Cc1ccccc1C(=O)N1CCN(c2oc(/C=C/c3ccc(Cl)cc3)nc2C#N)CC1. The number of oxazole rings is 1. The van der Waals surface area contributed by atoms with Crippen molar-refractivity contribution in [1.29, 1.82) is 5.26 Å². The number of aromatic nitrogens is 1. The van der Waals surface area contributed by atoms with Crippen molar-refractivity contribution in [3.8, 4) is 6.07 Å². The van der Waals surface area contributed by atoms with E-state index in [-0.39, 0.29) is 11.6 Å². The Bertz CT molecular complexity index is 1150. The first kappa shape index (κ1) is 20.7. The lowest BCUT2D eigenvalue weighted by molar-refractivity contribution is 0.0744. The molecule has 0 unspecified atom stereocenters. The number of carbonyl (C=O) groups is 1. The quantitative estimate of drug-likeness (QED) is 0.600. The van der Waals surface area contributed by atoms with Crippen molar-refractivity contribution >= 4 is 35.5 Å². The third kappa shape index (κ3) is 4.62. The van der Waals surface area contributed by atoms with Crippen molar-refractivity contribution in [3.05, 3.63) is 81.8 Å². The predicted molar refractivity (Wildman–Crippen MR) is 121 cm³/mol. The van der Waals surface area contributed by atoms with E-state index in [1.165, 1.54) is 0 Å². The van der Waals surface area contributed by atoms with E-state index in [1.54, 1.807) is 18.2 Å². The highest BCUT2D eigenvalue weighted by molar-refractivity contribution is 6.30. The van der Waals surface area contributed by atoms with Crippen LogP contribution in [0.5, 0.6) is 0 Å². The molecule has 0 bridgehead atoms. The number of rotatable bonds is 4. The fourth-order valence-electron chi connectivity index (χ4n) is 3.52. The van der Waals surface area contributed by atoms with Crippen LogP contribution in [0.1, 0.15) is 33.1 Å². The van der Waals surface area contributed by atoms with Crippen LogP contribution in [0.3, 0.4) is 0 Å². The van der Waals surface area contributed by atoms with E-state index in [1.807, 2.05) is 59.2 Å². The van der Waals surface area contributed by atoms with E-state index in [9.17, 15) is 10.1 Å². The maximum atomic E-state index is 12.8. The number of anilines is 1. The largest absolute Gasteiger partial charge is 0.420 e. The molecule has 3 aromatic rings. The number of halogens is 1. The Kier molecular flexibility index (Phi) is 6.06. The molecule has 1 aliphatic rings. The minimum absolute atomic E-state index is 0.0300. The third-order valence-electron chi connectivity index (χ3n) is 5.25. The third-order valence-corrected chi connectivity index (χ3v) is 5.50. The van der Waals surface area contributed by atoms with Crippen LogP contribution in [-0.2, 0) is 0 Å². The number of hydrogen-bond acceptors (Lipinski definition) is 5. The van der Waals surface area contributed by atoms with Gasteiger partial charge in [-0.3, -0.25) is 4.79 Å². The summed E-state index contributed by atoms with van der Waals surface area (Å²) in [4.78, 5) is 20.9. The molecule has 1 fully saturated rings. The van der Waals surface area contributed by atoms with E-state index >= 15 is 0 Å². The molecular weight excluding hydrogens is 412 g/mol. The molecular formula is C24H21ClN4O2. The van der Waals surface area contributed by atoms with Crippen LogP contribution in [0, 0.1) is 18.3 Å². The molecule has 0 atom stereocenters. The van der Waals surface area contributed by atoms with Crippen LogP contribution >= 0.6 is 11.6 Å². The van der Waals surface area contributed by atoms with E-state index in [4.69, 9.17) is 16.0 Å². The van der Waals surface area contributed by atoms with Gasteiger partial charge in [0.25, 0.3) is 5.91 Å². The zero-order valence-corrected chi connectivity index (χ0v) is 17.8. The minimum atomic E-state index is 0.0300. The van der Waals surface area contributed by atoms with Crippen molar-refractivity contribution in [2.45, 2.75) is 6.92 Å². The Morgan fingerprint density at radius 3 is 2.48 bits per heavy atom. The molecule has 156 valence electrons. The molecule has 1 aromatic heterocycles. The van der Waals surface area contributed by atoms with Crippen LogP contribution in [0.15, 0.2) is 52.9 Å². The Morgan fingerprint density at radius 2 is 1.81 bits per heavy atom. The summed E-state index contributed by atoms with van der Waals surface area (Å²) in [5.41, 5.74) is 2.89. The van der Waals surface area contributed by atoms with Gasteiger partial charge in [-0.05, 0) is 42.3 Å². The van der Waals surface area contributed by atoms with Crippen LogP contribution < -0.4 is 4.90 Å². The molecule has 0 N–H and O–H groups in total. The highest BCUT2D eigenvalue weighted by Gasteiger charge is 2.27. The topological polar surface area (TPSA) is 73.4 Å². The lowest BCUT2D eigenvalue weighted by Crippen LogP contribution is -2.49. The van der Waals surface area contributed by atoms with Gasteiger partial charge in [0, 0.05) is 42.8 Å². The molecule has 2 heterocycles. The maximum Gasteiger partial charge on any atom is 0.254 e. The number of hydrogen-bond donors (Lipinski definition) is 0. The molecule has 0 saturated carbocycles. The monoisotopic (exact) mass is 432 g/mol. The fraction of sp³-hybridized carbons (Fsp3) is 0.208. The Hall–Kier alpha value is -3.56. The molecule has 1 saturated heterocycles. The lowest BCUT2D eigenvalue weighted by atomic mass is 10.1. The highest BCUT2D eigenvalue weighted by Crippen LogP contribution is 2.25. The normalized spacial score (nSPS) is 14.1. The van der Waals surface area contributed by atoms with Gasteiger partial charge in [0.15, 0.2) is 0 Å². The fourth-order valence-corrected chi connectivity index (χ4v) is 3.65. The number of nitrogens with zero attached hydrogens (tertiary/aromatic N) is 4. The van der Waals surface area contributed by atoms with Gasteiger partial charge >= 0.3 is 0 Å². The van der Waals surface area contributed by atoms with Crippen molar-refractivity contribution in [2.24, 2.45) is 0 Å². The minimum Gasteiger partial charge on any atom is -0.420 e. The van der Waals surface area contributed by atoms with E-state index in [2.05, 4.69) is 11.1 Å². The van der Waals surface area contributed by atoms with Crippen LogP contribution in [0.4, 0.5) is 5.88 Å². The van der Waals surface area contributed by atoms with Gasteiger partial charge in [-0.15, -0.1) is 0 Å². The van der Waals surface area contributed by atoms with Crippen molar-refractivity contribution in [3.63, 3.8) is 0 Å². The molecule has 0 radical (unpaired) electrons. The van der Waals surface area contributed by atoms with Gasteiger partial charge in [0.05, 0.1) is 0 Å². The molecule has 4 rings (SSSR count). The molecule has 7 heteroatoms. The summed E-state index contributed by atoms with van der Waals surface area (Å²) in [5.74, 6) is 0.837. The van der Waals surface area contributed by atoms with Crippen molar-refractivity contribution in [2.75, 3.05) is 31.1 Å². The highest BCUT2D eigenvalue weighted by atomic mass is 35.5. The summed E-state index contributed by atoms with van der Waals surface area (Å²) in [6, 6.07) is 17.1. The Morgan fingerprint density at radius 1 is 1.10 bits per heavy atom. The summed E-state index contributed by atoms with van der Waals surface area (Å²) in [7, 11) is 0. The van der Waals surface area contributed by atoms with E-state index in [0.717, 1.165) is 16.7 Å². The lowest BCUT2D eigenvalue weighted by Gasteiger charge is -2.34. The van der Waals surface area contributed by atoms with Gasteiger partial charge in [-0.25, -0.2) is 0 Å². The zero-order chi connectivity index (χ0) is 21.8. The summed E-state index contributed by atoms with van der Waals surface area (Å²) in [5, 5.41) is 10.2. The smallest absolute Gasteiger partial charge is 0.254 e. The first-order valence-corrected chi connectivity index (χ1v) is 10.4. The summed E-state index contributed by atoms with van der Waals surface area (Å²) in [6.45, 7) is 4.18. The first-order chi connectivity index (χ1) is 15.0. The van der Waals surface area contributed by atoms with Gasteiger partial charge in [0.1, 0.15) is 6.07 Å². The second-order valence-corrected chi connectivity index (χ2v) is 7.73. The van der Waals surface area contributed by atoms with Crippen LogP contribution in [0.25, 0.3) is 12.2 Å². The first-order valence-electron chi connectivity index (χ1n) is 9.99. The maximum absolute atomic E-state index is 12.8.